The van der Waals surface area contributed by atoms with Crippen molar-refractivity contribution in [1.29, 1.82) is 0 Å². The fourth-order valence-corrected chi connectivity index (χ4v) is 2.20. The van der Waals surface area contributed by atoms with Crippen LogP contribution in [0.1, 0.15) is 24.1 Å². The number of hydrogen-bond donors (Lipinski definition) is 1. The van der Waals surface area contributed by atoms with E-state index in [9.17, 15) is 8.78 Å². The number of halogens is 3. The largest absolute Gasteiger partial charge is 0.489 e. The second kappa shape index (κ2) is 6.33. The number of hydrogen-bond acceptors (Lipinski definition) is 2. The van der Waals surface area contributed by atoms with Crippen molar-refractivity contribution in [2.75, 3.05) is 0 Å². The normalized spacial score (nSPS) is 12.2. The van der Waals surface area contributed by atoms with Gasteiger partial charge in [0.25, 0.3) is 0 Å². The topological polar surface area (TPSA) is 35.2 Å². The molecule has 0 aliphatic rings. The number of rotatable bonds is 4. The molecule has 2 aromatic carbocycles. The van der Waals surface area contributed by atoms with Crippen LogP contribution in [0.3, 0.4) is 0 Å². The lowest BCUT2D eigenvalue weighted by molar-refractivity contribution is 0.300. The fourth-order valence-electron chi connectivity index (χ4n) is 1.86. The van der Waals surface area contributed by atoms with Gasteiger partial charge in [0, 0.05) is 22.1 Å². The van der Waals surface area contributed by atoms with Crippen molar-refractivity contribution in [3.63, 3.8) is 0 Å². The summed E-state index contributed by atoms with van der Waals surface area (Å²) in [5.74, 6) is -0.644. The summed E-state index contributed by atoms with van der Waals surface area (Å²) in [5.41, 5.74) is 7.13. The molecular weight excluding hydrogens is 328 g/mol. The van der Waals surface area contributed by atoms with E-state index in [1.165, 1.54) is 12.1 Å². The van der Waals surface area contributed by atoms with E-state index >= 15 is 0 Å². The highest BCUT2D eigenvalue weighted by atomic mass is 79.9. The van der Waals surface area contributed by atoms with Crippen LogP contribution in [0.4, 0.5) is 8.78 Å². The van der Waals surface area contributed by atoms with Crippen molar-refractivity contribution < 1.29 is 13.5 Å². The van der Waals surface area contributed by atoms with E-state index in [4.69, 9.17) is 10.5 Å². The second-order valence-corrected chi connectivity index (χ2v) is 5.45. The molecule has 20 heavy (non-hydrogen) atoms. The summed E-state index contributed by atoms with van der Waals surface area (Å²) in [6.07, 6.45) is 0. The van der Waals surface area contributed by atoms with Gasteiger partial charge in [-0.3, -0.25) is 0 Å². The third-order valence-electron chi connectivity index (χ3n) is 2.78. The number of nitrogens with two attached hydrogens (primary N) is 1. The maximum absolute atomic E-state index is 13.1. The van der Waals surface area contributed by atoms with Crippen molar-refractivity contribution >= 4 is 15.9 Å². The lowest BCUT2D eigenvalue weighted by Gasteiger charge is -2.14. The Morgan fingerprint density at radius 1 is 1.15 bits per heavy atom. The van der Waals surface area contributed by atoms with Gasteiger partial charge in [0.05, 0.1) is 0 Å². The Morgan fingerprint density at radius 2 is 1.80 bits per heavy atom. The van der Waals surface area contributed by atoms with Gasteiger partial charge < -0.3 is 10.5 Å². The molecule has 2 aromatic rings. The first-order valence-corrected chi connectivity index (χ1v) is 6.88. The van der Waals surface area contributed by atoms with Gasteiger partial charge in [-0.25, -0.2) is 8.78 Å². The number of benzene rings is 2. The highest BCUT2D eigenvalue weighted by Crippen LogP contribution is 2.28. The summed E-state index contributed by atoms with van der Waals surface area (Å²) in [4.78, 5) is 0. The average Bonchev–Trinajstić information content (AvgIpc) is 2.35. The van der Waals surface area contributed by atoms with Crippen LogP contribution in [0.5, 0.6) is 5.75 Å². The summed E-state index contributed by atoms with van der Waals surface area (Å²) in [6, 6.07) is 8.63. The van der Waals surface area contributed by atoms with E-state index in [2.05, 4.69) is 15.9 Å². The van der Waals surface area contributed by atoms with Crippen molar-refractivity contribution in [2.45, 2.75) is 19.6 Å². The van der Waals surface area contributed by atoms with Crippen molar-refractivity contribution in [3.8, 4) is 5.75 Å². The highest BCUT2D eigenvalue weighted by Gasteiger charge is 2.09. The molecule has 0 bridgehead atoms. The van der Waals surface area contributed by atoms with Crippen molar-refractivity contribution in [1.82, 2.24) is 0 Å². The Labute approximate surface area is 124 Å². The summed E-state index contributed by atoms with van der Waals surface area (Å²) in [5, 5.41) is 0. The van der Waals surface area contributed by atoms with Gasteiger partial charge in [0.1, 0.15) is 24.0 Å². The summed E-state index contributed by atoms with van der Waals surface area (Å²) >= 11 is 3.35. The fraction of sp³-hybridized carbons (Fsp3) is 0.200. The van der Waals surface area contributed by atoms with Gasteiger partial charge >= 0.3 is 0 Å². The van der Waals surface area contributed by atoms with Crippen LogP contribution in [0.25, 0.3) is 0 Å². The molecule has 0 saturated carbocycles. The van der Waals surface area contributed by atoms with Gasteiger partial charge in [-0.05, 0) is 36.8 Å². The Balaban J connectivity index is 2.20. The third-order valence-corrected chi connectivity index (χ3v) is 3.28. The smallest absolute Gasteiger partial charge is 0.126 e. The monoisotopic (exact) mass is 341 g/mol. The van der Waals surface area contributed by atoms with Crippen molar-refractivity contribution in [3.05, 3.63) is 63.6 Å². The van der Waals surface area contributed by atoms with Gasteiger partial charge in [0.2, 0.25) is 0 Å². The zero-order valence-corrected chi connectivity index (χ0v) is 12.5. The molecule has 0 unspecified atom stereocenters. The van der Waals surface area contributed by atoms with E-state index in [0.29, 0.717) is 11.3 Å². The SMILES string of the molecule is C[C@H](N)c1ccc(Br)cc1OCc1cc(F)cc(F)c1. The standard InChI is InChI=1S/C15H14BrF2NO/c1-9(19)14-3-2-11(16)6-15(14)20-8-10-4-12(17)7-13(18)5-10/h2-7,9H,8,19H2,1H3/t9-/m0/s1. The molecule has 5 heteroatoms. The molecule has 0 aliphatic carbocycles. The maximum atomic E-state index is 13.1. The molecular formula is C15H14BrF2NO. The first kappa shape index (κ1) is 14.9. The van der Waals surface area contributed by atoms with Crippen LogP contribution < -0.4 is 10.5 Å². The first-order chi connectivity index (χ1) is 9.45. The minimum atomic E-state index is -0.620. The van der Waals surface area contributed by atoms with Crippen LogP contribution in [0, 0.1) is 11.6 Å². The Morgan fingerprint density at radius 3 is 2.40 bits per heavy atom. The third kappa shape index (κ3) is 3.77. The van der Waals surface area contributed by atoms with E-state index in [-0.39, 0.29) is 12.6 Å². The Hall–Kier alpha value is -1.46. The second-order valence-electron chi connectivity index (χ2n) is 4.54. The molecule has 2 N–H and O–H groups in total. The van der Waals surface area contributed by atoms with E-state index in [1.807, 2.05) is 19.1 Å². The molecule has 0 heterocycles. The summed E-state index contributed by atoms with van der Waals surface area (Å²) < 4.78 is 32.7. The van der Waals surface area contributed by atoms with Crippen LogP contribution in [0.15, 0.2) is 40.9 Å². The molecule has 106 valence electrons. The predicted octanol–water partition coefficient (Wildman–Crippen LogP) is 4.33. The lowest BCUT2D eigenvalue weighted by Crippen LogP contribution is -2.08. The van der Waals surface area contributed by atoms with Crippen molar-refractivity contribution in [2.24, 2.45) is 5.73 Å². The molecule has 2 rings (SSSR count). The minimum absolute atomic E-state index is 0.0743. The lowest BCUT2D eigenvalue weighted by atomic mass is 10.1. The molecule has 0 radical (unpaired) electrons. The van der Waals surface area contributed by atoms with E-state index < -0.39 is 11.6 Å². The van der Waals surface area contributed by atoms with Crippen LogP contribution in [-0.2, 0) is 6.61 Å². The zero-order valence-electron chi connectivity index (χ0n) is 10.9. The summed E-state index contributed by atoms with van der Waals surface area (Å²) in [6.45, 7) is 1.92. The zero-order chi connectivity index (χ0) is 14.7. The van der Waals surface area contributed by atoms with Gasteiger partial charge in [-0.1, -0.05) is 22.0 Å². The maximum Gasteiger partial charge on any atom is 0.126 e. The van der Waals surface area contributed by atoms with Crippen LogP contribution in [-0.4, -0.2) is 0 Å². The number of ether oxygens (including phenoxy) is 1. The van der Waals surface area contributed by atoms with E-state index in [1.54, 1.807) is 6.07 Å². The molecule has 1 atom stereocenters. The van der Waals surface area contributed by atoms with E-state index in [0.717, 1.165) is 16.1 Å². The molecule has 2 nitrogen and oxygen atoms in total. The quantitative estimate of drug-likeness (QED) is 0.898. The molecule has 0 fully saturated rings. The van der Waals surface area contributed by atoms with Gasteiger partial charge in [0.15, 0.2) is 0 Å². The average molecular weight is 342 g/mol. The molecule has 0 aliphatic heterocycles. The highest BCUT2D eigenvalue weighted by molar-refractivity contribution is 9.10. The molecule has 0 spiro atoms. The Bertz CT molecular complexity index is 597. The minimum Gasteiger partial charge on any atom is -0.489 e. The molecule has 0 amide bonds. The van der Waals surface area contributed by atoms with Crippen LogP contribution in [0.2, 0.25) is 0 Å². The van der Waals surface area contributed by atoms with Gasteiger partial charge in [-0.15, -0.1) is 0 Å². The van der Waals surface area contributed by atoms with Crippen LogP contribution >= 0.6 is 15.9 Å². The molecule has 0 aromatic heterocycles. The first-order valence-electron chi connectivity index (χ1n) is 6.08. The summed E-state index contributed by atoms with van der Waals surface area (Å²) in [7, 11) is 0. The Kier molecular flexibility index (Phi) is 4.73. The van der Waals surface area contributed by atoms with Gasteiger partial charge in [-0.2, -0.15) is 0 Å². The predicted molar refractivity (Wildman–Crippen MR) is 77.4 cm³/mol. The molecule has 0 saturated heterocycles.